The number of thioether (sulfide) groups is 1. The van der Waals surface area contributed by atoms with E-state index in [1.165, 1.54) is 36.0 Å². The third-order valence-electron chi connectivity index (χ3n) is 4.92. The minimum atomic E-state index is -0.765. The van der Waals surface area contributed by atoms with E-state index in [-0.39, 0.29) is 23.6 Å². The van der Waals surface area contributed by atoms with Crippen LogP contribution in [0.5, 0.6) is 0 Å². The van der Waals surface area contributed by atoms with E-state index >= 15 is 0 Å². The molecule has 3 amide bonds. The lowest BCUT2D eigenvalue weighted by Crippen LogP contribution is -2.41. The summed E-state index contributed by atoms with van der Waals surface area (Å²) in [5, 5.41) is 11.0. The fraction of sp³-hybridized carbons (Fsp3) is 0.217. The van der Waals surface area contributed by atoms with E-state index in [0.717, 1.165) is 5.56 Å². The lowest BCUT2D eigenvalue weighted by Gasteiger charge is -2.14. The summed E-state index contributed by atoms with van der Waals surface area (Å²) >= 11 is 6.61. The van der Waals surface area contributed by atoms with E-state index in [0.29, 0.717) is 35.0 Å². The second-order valence-corrected chi connectivity index (χ2v) is 9.01. The largest absolute Gasteiger partial charge is 0.293 e. The number of thiocarbonyl (C=S) groups is 1. The monoisotopic (exact) mass is 498 g/mol. The van der Waals surface area contributed by atoms with Gasteiger partial charge in [0.1, 0.15) is 9.88 Å². The zero-order chi connectivity index (χ0) is 24.5. The second kappa shape index (κ2) is 12.1. The van der Waals surface area contributed by atoms with Crippen LogP contribution in [-0.4, -0.2) is 38.4 Å². The Morgan fingerprint density at radius 3 is 2.47 bits per heavy atom. The molecule has 1 saturated heterocycles. The zero-order valence-corrected chi connectivity index (χ0v) is 19.7. The molecule has 0 radical (unpaired) electrons. The minimum Gasteiger partial charge on any atom is -0.293 e. The quantitative estimate of drug-likeness (QED) is 0.177. The second-order valence-electron chi connectivity index (χ2n) is 7.33. The van der Waals surface area contributed by atoms with Crippen molar-refractivity contribution in [2.24, 2.45) is 0 Å². The molecule has 2 N–H and O–H groups in total. The number of hydrogen-bond donors (Lipinski definition) is 2. The van der Waals surface area contributed by atoms with E-state index in [1.807, 2.05) is 36.4 Å². The highest BCUT2D eigenvalue weighted by Gasteiger charge is 2.31. The number of carbonyl (C=O) groups is 3. The molecule has 0 unspecified atom stereocenters. The summed E-state index contributed by atoms with van der Waals surface area (Å²) in [6.07, 6.45) is 3.87. The predicted octanol–water partition coefficient (Wildman–Crippen LogP) is 3.82. The number of nitro groups is 1. The van der Waals surface area contributed by atoms with E-state index in [2.05, 4.69) is 10.9 Å². The molecule has 2 aromatic rings. The van der Waals surface area contributed by atoms with Crippen LogP contribution in [-0.2, 0) is 9.59 Å². The van der Waals surface area contributed by atoms with E-state index in [1.54, 1.807) is 4.90 Å². The van der Waals surface area contributed by atoms with Gasteiger partial charge in [-0.25, -0.2) is 0 Å². The molecule has 1 fully saturated rings. The molecule has 2 aromatic carbocycles. The van der Waals surface area contributed by atoms with Crippen LogP contribution in [0.3, 0.4) is 0 Å². The number of carbonyl (C=O) groups excluding carboxylic acids is 3. The van der Waals surface area contributed by atoms with Crippen LogP contribution >= 0.6 is 24.0 Å². The van der Waals surface area contributed by atoms with Gasteiger partial charge in [0.25, 0.3) is 17.5 Å². The normalized spacial score (nSPS) is 14.4. The predicted molar refractivity (Wildman–Crippen MR) is 133 cm³/mol. The molecule has 9 nitrogen and oxygen atoms in total. The van der Waals surface area contributed by atoms with Gasteiger partial charge in [-0.2, -0.15) is 0 Å². The summed E-state index contributed by atoms with van der Waals surface area (Å²) in [6, 6.07) is 15.0. The third-order valence-corrected chi connectivity index (χ3v) is 6.30. The van der Waals surface area contributed by atoms with Crippen LogP contribution in [0, 0.1) is 10.1 Å². The summed E-state index contributed by atoms with van der Waals surface area (Å²) in [5.41, 5.74) is 4.91. The Labute approximate surface area is 205 Å². The van der Waals surface area contributed by atoms with Crippen molar-refractivity contribution < 1.29 is 19.3 Å². The maximum atomic E-state index is 12.6. The number of nitro benzene ring substituents is 1. The van der Waals surface area contributed by atoms with Crippen LogP contribution < -0.4 is 10.9 Å². The average Bonchev–Trinajstić information content (AvgIpc) is 3.10. The zero-order valence-electron chi connectivity index (χ0n) is 18.1. The number of hydrazine groups is 1. The molecule has 0 saturated carbocycles. The molecule has 34 heavy (non-hydrogen) atoms. The summed E-state index contributed by atoms with van der Waals surface area (Å²) < 4.78 is 0.516. The number of nitrogens with zero attached hydrogens (tertiary/aromatic N) is 2. The van der Waals surface area contributed by atoms with Crippen molar-refractivity contribution >= 4 is 57.8 Å². The van der Waals surface area contributed by atoms with E-state index in [9.17, 15) is 24.5 Å². The number of nitrogens with one attached hydrogen (secondary N) is 2. The van der Waals surface area contributed by atoms with Crippen LogP contribution in [0.1, 0.15) is 41.6 Å². The maximum Gasteiger partial charge on any atom is 0.282 e. The topological polar surface area (TPSA) is 122 Å². The van der Waals surface area contributed by atoms with Crippen LogP contribution in [0.4, 0.5) is 5.69 Å². The van der Waals surface area contributed by atoms with Gasteiger partial charge in [0.05, 0.1) is 9.83 Å². The van der Waals surface area contributed by atoms with Gasteiger partial charge >= 0.3 is 0 Å². The van der Waals surface area contributed by atoms with Gasteiger partial charge in [0.2, 0.25) is 5.91 Å². The number of unbranched alkanes of at least 4 members (excludes halogenated alkanes) is 2. The number of amides is 3. The Morgan fingerprint density at radius 1 is 1.03 bits per heavy atom. The molecule has 1 aliphatic rings. The van der Waals surface area contributed by atoms with Gasteiger partial charge in [0.15, 0.2) is 0 Å². The van der Waals surface area contributed by atoms with Gasteiger partial charge in [0, 0.05) is 19.0 Å². The molecule has 176 valence electrons. The summed E-state index contributed by atoms with van der Waals surface area (Å²) in [4.78, 5) is 49.2. The molecule has 1 heterocycles. The Morgan fingerprint density at radius 2 is 1.74 bits per heavy atom. The number of rotatable bonds is 9. The highest BCUT2D eigenvalue weighted by Crippen LogP contribution is 2.32. The van der Waals surface area contributed by atoms with Crippen molar-refractivity contribution in [3.05, 3.63) is 80.7 Å². The van der Waals surface area contributed by atoms with Crippen molar-refractivity contribution in [3.63, 3.8) is 0 Å². The lowest BCUT2D eigenvalue weighted by atomic mass is 10.1. The van der Waals surface area contributed by atoms with Crippen molar-refractivity contribution in [2.75, 3.05) is 6.54 Å². The smallest absolute Gasteiger partial charge is 0.282 e. The first-order chi connectivity index (χ1) is 16.4. The molecule has 0 atom stereocenters. The molecule has 0 spiro atoms. The van der Waals surface area contributed by atoms with Gasteiger partial charge in [-0.1, -0.05) is 72.9 Å². The molecule has 1 aliphatic heterocycles. The Bertz CT molecular complexity index is 1140. The van der Waals surface area contributed by atoms with Crippen molar-refractivity contribution in [1.29, 1.82) is 0 Å². The van der Waals surface area contributed by atoms with Crippen molar-refractivity contribution in [2.45, 2.75) is 25.7 Å². The van der Waals surface area contributed by atoms with E-state index in [4.69, 9.17) is 12.2 Å². The highest BCUT2D eigenvalue weighted by molar-refractivity contribution is 8.26. The Kier molecular flexibility index (Phi) is 8.88. The highest BCUT2D eigenvalue weighted by atomic mass is 32.2. The van der Waals surface area contributed by atoms with Crippen LogP contribution in [0.2, 0.25) is 0 Å². The summed E-state index contributed by atoms with van der Waals surface area (Å²) in [6.45, 7) is 0.465. The van der Waals surface area contributed by atoms with Gasteiger partial charge in [-0.3, -0.25) is 40.2 Å². The molecular formula is C23H22N4O5S2. The SMILES string of the molecule is O=C(CCCCCN1C(=O)/C(=C/c2ccccc2)SC1=S)NNC(=O)c1ccccc1[N+](=O)[O-]. The lowest BCUT2D eigenvalue weighted by molar-refractivity contribution is -0.385. The van der Waals surface area contributed by atoms with Crippen molar-refractivity contribution in [3.8, 4) is 0 Å². The first-order valence-corrected chi connectivity index (χ1v) is 11.7. The summed E-state index contributed by atoms with van der Waals surface area (Å²) in [7, 11) is 0. The standard InChI is InChI=1S/C23H22N4O5S2/c28-20(24-25-21(29)17-11-6-7-12-18(17)27(31)32)13-5-2-8-14-26-22(30)19(34-23(26)33)15-16-9-3-1-4-10-16/h1,3-4,6-7,9-12,15H,2,5,8,13-14H2,(H,24,28)(H,25,29)/b19-15-. The first-order valence-electron chi connectivity index (χ1n) is 10.5. The van der Waals surface area contributed by atoms with Gasteiger partial charge < -0.3 is 0 Å². The van der Waals surface area contributed by atoms with Crippen LogP contribution in [0.15, 0.2) is 59.5 Å². The first kappa shape index (κ1) is 25.1. The molecular weight excluding hydrogens is 476 g/mol. The molecule has 0 aromatic heterocycles. The number of benzene rings is 2. The Hall–Kier alpha value is -3.57. The summed E-state index contributed by atoms with van der Waals surface area (Å²) in [5.74, 6) is -1.30. The molecule has 0 aliphatic carbocycles. The Balaban J connectivity index is 1.37. The molecule has 0 bridgehead atoms. The fourth-order valence-corrected chi connectivity index (χ4v) is 4.52. The minimum absolute atomic E-state index is 0.116. The third kappa shape index (κ3) is 6.72. The van der Waals surface area contributed by atoms with E-state index < -0.39 is 16.7 Å². The van der Waals surface area contributed by atoms with Crippen LogP contribution in [0.25, 0.3) is 6.08 Å². The van der Waals surface area contributed by atoms with Gasteiger partial charge in [-0.05, 0) is 30.5 Å². The number of hydrogen-bond acceptors (Lipinski definition) is 7. The fourth-order valence-electron chi connectivity index (χ4n) is 3.21. The average molecular weight is 499 g/mol. The maximum absolute atomic E-state index is 12.6. The molecule has 11 heteroatoms. The molecule has 3 rings (SSSR count). The van der Waals surface area contributed by atoms with Gasteiger partial charge in [-0.15, -0.1) is 0 Å². The number of para-hydroxylation sites is 1. The van der Waals surface area contributed by atoms with Crippen molar-refractivity contribution in [1.82, 2.24) is 15.8 Å².